The molecule has 1 aromatic carbocycles. The summed E-state index contributed by atoms with van der Waals surface area (Å²) < 4.78 is 0. The highest BCUT2D eigenvalue weighted by atomic mass is 16.3. The largest absolute Gasteiger partial charge is 0.393 e. The van der Waals surface area contributed by atoms with Crippen molar-refractivity contribution in [2.75, 3.05) is 6.54 Å². The van der Waals surface area contributed by atoms with E-state index in [0.717, 1.165) is 18.4 Å². The van der Waals surface area contributed by atoms with Gasteiger partial charge in [0.15, 0.2) is 0 Å². The molecule has 2 unspecified atom stereocenters. The van der Waals surface area contributed by atoms with Gasteiger partial charge in [0.05, 0.1) is 12.2 Å². The molecule has 0 saturated heterocycles. The van der Waals surface area contributed by atoms with Gasteiger partial charge in [-0.3, -0.25) is 0 Å². The molecule has 0 aliphatic carbocycles. The third-order valence-electron chi connectivity index (χ3n) is 2.44. The number of hydrogen-bond acceptors (Lipinski definition) is 3. The van der Waals surface area contributed by atoms with Crippen LogP contribution in [-0.2, 0) is 6.42 Å². The van der Waals surface area contributed by atoms with E-state index < -0.39 is 6.10 Å². The van der Waals surface area contributed by atoms with E-state index in [1.807, 2.05) is 24.3 Å². The topological polar surface area (TPSA) is 66.5 Å². The molecule has 0 heterocycles. The summed E-state index contributed by atoms with van der Waals surface area (Å²) in [4.78, 5) is 0. The number of aliphatic hydroxyl groups is 2. The third kappa shape index (κ3) is 4.00. The fourth-order valence-corrected chi connectivity index (χ4v) is 1.42. The van der Waals surface area contributed by atoms with Gasteiger partial charge in [-0.25, -0.2) is 0 Å². The fourth-order valence-electron chi connectivity index (χ4n) is 1.42. The molecular formula is C12H19NO2. The summed E-state index contributed by atoms with van der Waals surface area (Å²) in [5.41, 5.74) is 7.37. The Morgan fingerprint density at radius 3 is 2.27 bits per heavy atom. The molecule has 1 rings (SSSR count). The third-order valence-corrected chi connectivity index (χ3v) is 2.44. The highest BCUT2D eigenvalue weighted by Crippen LogP contribution is 2.13. The first-order valence-electron chi connectivity index (χ1n) is 5.28. The Morgan fingerprint density at radius 2 is 1.80 bits per heavy atom. The van der Waals surface area contributed by atoms with Crippen molar-refractivity contribution in [2.24, 2.45) is 5.73 Å². The molecule has 3 nitrogen and oxygen atoms in total. The van der Waals surface area contributed by atoms with E-state index >= 15 is 0 Å². The number of aliphatic hydroxyl groups excluding tert-OH is 2. The second-order valence-corrected chi connectivity index (χ2v) is 3.88. The molecule has 0 aromatic heterocycles. The van der Waals surface area contributed by atoms with Gasteiger partial charge in [-0.1, -0.05) is 24.3 Å². The lowest BCUT2D eigenvalue weighted by molar-refractivity contribution is 0.184. The highest BCUT2D eigenvalue weighted by Gasteiger charge is 2.04. The molecule has 0 amide bonds. The van der Waals surface area contributed by atoms with E-state index in [2.05, 4.69) is 0 Å². The minimum absolute atomic E-state index is 0.243. The zero-order valence-electron chi connectivity index (χ0n) is 9.06. The van der Waals surface area contributed by atoms with Crippen LogP contribution in [0.3, 0.4) is 0 Å². The van der Waals surface area contributed by atoms with E-state index in [1.165, 1.54) is 5.56 Å². The molecule has 0 aliphatic heterocycles. The summed E-state index contributed by atoms with van der Waals surface area (Å²) >= 11 is 0. The van der Waals surface area contributed by atoms with Crippen LogP contribution in [0.4, 0.5) is 0 Å². The van der Waals surface area contributed by atoms with Gasteiger partial charge in [-0.05, 0) is 30.9 Å². The van der Waals surface area contributed by atoms with Crippen molar-refractivity contribution in [2.45, 2.75) is 32.0 Å². The Morgan fingerprint density at radius 1 is 1.20 bits per heavy atom. The lowest BCUT2D eigenvalue weighted by Crippen LogP contribution is -2.11. The summed E-state index contributed by atoms with van der Waals surface area (Å²) in [5, 5.41) is 18.6. The lowest BCUT2D eigenvalue weighted by Gasteiger charge is -2.09. The van der Waals surface area contributed by atoms with E-state index in [0.29, 0.717) is 0 Å². The first kappa shape index (κ1) is 12.2. The monoisotopic (exact) mass is 209 g/mol. The van der Waals surface area contributed by atoms with E-state index in [-0.39, 0.29) is 12.6 Å². The van der Waals surface area contributed by atoms with Gasteiger partial charge in [0, 0.05) is 6.54 Å². The van der Waals surface area contributed by atoms with Gasteiger partial charge in [0.2, 0.25) is 0 Å². The van der Waals surface area contributed by atoms with Gasteiger partial charge in [-0.2, -0.15) is 0 Å². The van der Waals surface area contributed by atoms with Gasteiger partial charge in [0.1, 0.15) is 0 Å². The number of nitrogens with two attached hydrogens (primary N) is 1. The molecule has 2 atom stereocenters. The van der Waals surface area contributed by atoms with Crippen molar-refractivity contribution < 1.29 is 10.2 Å². The molecule has 1 aromatic rings. The van der Waals surface area contributed by atoms with Gasteiger partial charge in [-0.15, -0.1) is 0 Å². The second kappa shape index (κ2) is 5.85. The predicted octanol–water partition coefficient (Wildman–Crippen LogP) is 0.992. The first-order chi connectivity index (χ1) is 7.13. The van der Waals surface area contributed by atoms with E-state index in [1.54, 1.807) is 6.92 Å². The first-order valence-corrected chi connectivity index (χ1v) is 5.28. The summed E-state index contributed by atoms with van der Waals surface area (Å²) in [5.74, 6) is 0. The van der Waals surface area contributed by atoms with Gasteiger partial charge in [0.25, 0.3) is 0 Å². The number of rotatable bonds is 5. The van der Waals surface area contributed by atoms with Crippen LogP contribution >= 0.6 is 0 Å². The van der Waals surface area contributed by atoms with Crippen LogP contribution < -0.4 is 5.73 Å². The Bertz CT molecular complexity index is 282. The minimum atomic E-state index is -0.573. The Labute approximate surface area is 90.5 Å². The smallest absolute Gasteiger partial charge is 0.0912 e. The van der Waals surface area contributed by atoms with Crippen LogP contribution in [0.2, 0.25) is 0 Å². The molecule has 0 radical (unpaired) electrons. The quantitative estimate of drug-likeness (QED) is 0.677. The van der Waals surface area contributed by atoms with Crippen LogP contribution in [0.5, 0.6) is 0 Å². The molecule has 0 fully saturated rings. The normalized spacial score (nSPS) is 14.9. The van der Waals surface area contributed by atoms with E-state index in [9.17, 15) is 5.11 Å². The zero-order chi connectivity index (χ0) is 11.3. The Balaban J connectivity index is 2.56. The molecular weight excluding hydrogens is 190 g/mol. The van der Waals surface area contributed by atoms with Crippen LogP contribution in [0, 0.1) is 0 Å². The zero-order valence-corrected chi connectivity index (χ0v) is 9.06. The van der Waals surface area contributed by atoms with Crippen molar-refractivity contribution in [3.05, 3.63) is 35.4 Å². The molecule has 3 heteroatoms. The van der Waals surface area contributed by atoms with Gasteiger partial charge < -0.3 is 15.9 Å². The summed E-state index contributed by atoms with van der Waals surface area (Å²) in [6.45, 7) is 2.03. The lowest BCUT2D eigenvalue weighted by atomic mass is 10.0. The summed E-state index contributed by atoms with van der Waals surface area (Å²) in [7, 11) is 0. The standard InChI is InChI=1S/C12H19NO2/c1-9(14)2-3-10-4-6-11(7-5-10)12(15)8-13/h4-7,9,12,14-15H,2-3,8,13H2,1H3. The summed E-state index contributed by atoms with van der Waals surface area (Å²) in [6.07, 6.45) is 0.783. The maximum Gasteiger partial charge on any atom is 0.0912 e. The fraction of sp³-hybridized carbons (Fsp3) is 0.500. The molecule has 0 bridgehead atoms. The van der Waals surface area contributed by atoms with Crippen LogP contribution in [0.1, 0.15) is 30.6 Å². The van der Waals surface area contributed by atoms with Crippen LogP contribution in [0.15, 0.2) is 24.3 Å². The minimum Gasteiger partial charge on any atom is -0.393 e. The maximum absolute atomic E-state index is 9.47. The van der Waals surface area contributed by atoms with E-state index in [4.69, 9.17) is 10.8 Å². The molecule has 0 saturated carbocycles. The molecule has 0 spiro atoms. The van der Waals surface area contributed by atoms with Crippen LogP contribution in [-0.4, -0.2) is 22.9 Å². The van der Waals surface area contributed by atoms with Gasteiger partial charge >= 0.3 is 0 Å². The molecule has 15 heavy (non-hydrogen) atoms. The maximum atomic E-state index is 9.47. The van der Waals surface area contributed by atoms with Crippen molar-refractivity contribution in [1.29, 1.82) is 0 Å². The number of benzene rings is 1. The number of aryl methyl sites for hydroxylation is 1. The van der Waals surface area contributed by atoms with Crippen LogP contribution in [0.25, 0.3) is 0 Å². The van der Waals surface area contributed by atoms with Crippen molar-refractivity contribution in [1.82, 2.24) is 0 Å². The Kier molecular flexibility index (Phi) is 4.75. The molecule has 84 valence electrons. The average molecular weight is 209 g/mol. The van der Waals surface area contributed by atoms with Crippen molar-refractivity contribution >= 4 is 0 Å². The summed E-state index contributed by atoms with van der Waals surface area (Å²) in [6, 6.07) is 7.71. The second-order valence-electron chi connectivity index (χ2n) is 3.88. The SMILES string of the molecule is CC(O)CCc1ccc(C(O)CN)cc1. The highest BCUT2D eigenvalue weighted by molar-refractivity contribution is 5.24. The number of hydrogen-bond donors (Lipinski definition) is 3. The van der Waals surface area contributed by atoms with Crippen molar-refractivity contribution in [3.8, 4) is 0 Å². The average Bonchev–Trinajstić information content (AvgIpc) is 2.26. The molecule has 4 N–H and O–H groups in total. The Hall–Kier alpha value is -0.900. The predicted molar refractivity (Wildman–Crippen MR) is 60.5 cm³/mol. The molecule has 0 aliphatic rings. The van der Waals surface area contributed by atoms with Crippen molar-refractivity contribution in [3.63, 3.8) is 0 Å².